The maximum absolute atomic E-state index is 13.9. The second-order valence-corrected chi connectivity index (χ2v) is 8.57. The van der Waals surface area contributed by atoms with Gasteiger partial charge in [-0.25, -0.2) is 4.39 Å². The van der Waals surface area contributed by atoms with E-state index in [4.69, 9.17) is 4.74 Å². The van der Waals surface area contributed by atoms with Crippen molar-refractivity contribution in [3.63, 3.8) is 0 Å². The van der Waals surface area contributed by atoms with Gasteiger partial charge in [-0.3, -0.25) is 14.5 Å². The van der Waals surface area contributed by atoms with Crippen molar-refractivity contribution in [1.29, 1.82) is 0 Å². The lowest BCUT2D eigenvalue weighted by atomic mass is 10.0. The van der Waals surface area contributed by atoms with E-state index >= 15 is 0 Å². The summed E-state index contributed by atoms with van der Waals surface area (Å²) in [6.07, 6.45) is 0. The highest BCUT2D eigenvalue weighted by Gasteiger charge is 2.60. The molecular formula is C24H19FN2O3S. The van der Waals surface area contributed by atoms with Crippen LogP contribution in [0.2, 0.25) is 0 Å². The number of methoxy groups -OCH3 is 1. The lowest BCUT2D eigenvalue weighted by Gasteiger charge is -2.33. The molecule has 31 heavy (non-hydrogen) atoms. The van der Waals surface area contributed by atoms with E-state index in [0.29, 0.717) is 18.0 Å². The zero-order valence-corrected chi connectivity index (χ0v) is 17.6. The first kappa shape index (κ1) is 19.6. The maximum atomic E-state index is 13.9. The number of anilines is 2. The zero-order chi connectivity index (χ0) is 21.6. The SMILES string of the molecule is COc1cccc(N2C(=O)CSC23C(=O)N(Cc2ccc(F)cc2)c2ccccc23)c1. The minimum absolute atomic E-state index is 0.134. The highest BCUT2D eigenvalue weighted by atomic mass is 32.2. The lowest BCUT2D eigenvalue weighted by molar-refractivity contribution is -0.123. The Balaban J connectivity index is 1.63. The number of amides is 2. The number of para-hydroxylation sites is 1. The minimum atomic E-state index is -1.18. The van der Waals surface area contributed by atoms with E-state index in [1.165, 1.54) is 23.9 Å². The molecule has 3 aromatic carbocycles. The van der Waals surface area contributed by atoms with Crippen molar-refractivity contribution in [3.8, 4) is 5.75 Å². The Hall–Kier alpha value is -3.32. The molecular weight excluding hydrogens is 415 g/mol. The van der Waals surface area contributed by atoms with Crippen LogP contribution in [0.1, 0.15) is 11.1 Å². The average molecular weight is 434 g/mol. The Morgan fingerprint density at radius 1 is 1.03 bits per heavy atom. The topological polar surface area (TPSA) is 49.9 Å². The van der Waals surface area contributed by atoms with Gasteiger partial charge in [-0.15, -0.1) is 11.8 Å². The van der Waals surface area contributed by atoms with Gasteiger partial charge in [0.25, 0.3) is 5.91 Å². The summed E-state index contributed by atoms with van der Waals surface area (Å²) < 4.78 is 18.7. The molecule has 7 heteroatoms. The number of ether oxygens (including phenoxy) is 1. The van der Waals surface area contributed by atoms with Crippen LogP contribution < -0.4 is 14.5 Å². The molecule has 1 saturated heterocycles. The Morgan fingerprint density at radius 3 is 2.58 bits per heavy atom. The molecule has 0 saturated carbocycles. The number of thioether (sulfide) groups is 1. The van der Waals surface area contributed by atoms with Crippen molar-refractivity contribution >= 4 is 35.0 Å². The minimum Gasteiger partial charge on any atom is -0.497 e. The largest absolute Gasteiger partial charge is 0.497 e. The van der Waals surface area contributed by atoms with E-state index in [0.717, 1.165) is 16.8 Å². The summed E-state index contributed by atoms with van der Waals surface area (Å²) in [7, 11) is 1.57. The summed E-state index contributed by atoms with van der Waals surface area (Å²) in [5.41, 5.74) is 2.96. The zero-order valence-electron chi connectivity index (χ0n) is 16.7. The third-order valence-electron chi connectivity index (χ3n) is 5.63. The number of carbonyl (C=O) groups is 2. The molecule has 0 aliphatic carbocycles. The average Bonchev–Trinajstić information content (AvgIpc) is 3.26. The maximum Gasteiger partial charge on any atom is 0.269 e. The molecule has 0 radical (unpaired) electrons. The quantitative estimate of drug-likeness (QED) is 0.614. The highest BCUT2D eigenvalue weighted by Crippen LogP contribution is 2.56. The van der Waals surface area contributed by atoms with Crippen molar-refractivity contribution in [1.82, 2.24) is 0 Å². The molecule has 3 aromatic rings. The van der Waals surface area contributed by atoms with Crippen LogP contribution in [0.25, 0.3) is 0 Å². The van der Waals surface area contributed by atoms with Crippen LogP contribution in [0, 0.1) is 5.82 Å². The Morgan fingerprint density at radius 2 is 1.81 bits per heavy atom. The van der Waals surface area contributed by atoms with Gasteiger partial charge in [0.1, 0.15) is 11.6 Å². The molecule has 5 nitrogen and oxygen atoms in total. The highest BCUT2D eigenvalue weighted by molar-refractivity contribution is 8.02. The van der Waals surface area contributed by atoms with Crippen LogP contribution in [0.15, 0.2) is 72.8 Å². The predicted octanol–water partition coefficient (Wildman–Crippen LogP) is 4.31. The summed E-state index contributed by atoms with van der Waals surface area (Å²) in [6, 6.07) is 20.8. The first-order valence-corrected chi connectivity index (χ1v) is 10.8. The van der Waals surface area contributed by atoms with Crippen LogP contribution >= 0.6 is 11.8 Å². The molecule has 5 rings (SSSR count). The van der Waals surface area contributed by atoms with Gasteiger partial charge in [0.15, 0.2) is 0 Å². The number of halogens is 1. The van der Waals surface area contributed by atoms with Crippen LogP contribution in [-0.4, -0.2) is 24.7 Å². The van der Waals surface area contributed by atoms with Gasteiger partial charge >= 0.3 is 0 Å². The van der Waals surface area contributed by atoms with Gasteiger partial charge in [-0.2, -0.15) is 0 Å². The van der Waals surface area contributed by atoms with Gasteiger partial charge in [0.2, 0.25) is 10.8 Å². The summed E-state index contributed by atoms with van der Waals surface area (Å²) in [6.45, 7) is 0.290. The third kappa shape index (κ3) is 2.99. The van der Waals surface area contributed by atoms with E-state index in [-0.39, 0.29) is 23.4 Å². The monoisotopic (exact) mass is 434 g/mol. The van der Waals surface area contributed by atoms with Gasteiger partial charge < -0.3 is 9.64 Å². The Kier molecular flexibility index (Phi) is 4.70. The third-order valence-corrected chi connectivity index (χ3v) is 7.02. The first-order chi connectivity index (χ1) is 15.0. The number of hydrogen-bond acceptors (Lipinski definition) is 4. The van der Waals surface area contributed by atoms with Gasteiger partial charge in [0.05, 0.1) is 25.1 Å². The van der Waals surface area contributed by atoms with E-state index < -0.39 is 4.87 Å². The van der Waals surface area contributed by atoms with Crippen molar-refractivity contribution in [2.75, 3.05) is 22.7 Å². The standard InChI is InChI=1S/C24H19FN2O3S/c1-30-19-6-4-5-18(13-19)27-22(28)15-31-24(27)20-7-2-3-8-21(20)26(23(24)29)14-16-9-11-17(25)12-10-16/h2-13H,14-15H2,1H3. The van der Waals surface area contributed by atoms with Gasteiger partial charge in [0, 0.05) is 17.3 Å². The van der Waals surface area contributed by atoms with E-state index in [1.54, 1.807) is 47.2 Å². The molecule has 1 fully saturated rings. The fourth-order valence-electron chi connectivity index (χ4n) is 4.23. The second kappa shape index (κ2) is 7.42. The molecule has 2 aliphatic rings. The summed E-state index contributed by atoms with van der Waals surface area (Å²) in [5.74, 6) is 0.164. The van der Waals surface area contributed by atoms with Crippen molar-refractivity contribution < 1.29 is 18.7 Å². The van der Waals surface area contributed by atoms with Gasteiger partial charge in [-0.1, -0.05) is 36.4 Å². The molecule has 0 aromatic heterocycles. The number of carbonyl (C=O) groups excluding carboxylic acids is 2. The van der Waals surface area contributed by atoms with Crippen LogP contribution in [0.5, 0.6) is 5.75 Å². The molecule has 2 aliphatic heterocycles. The summed E-state index contributed by atoms with van der Waals surface area (Å²) in [4.78, 5) is 29.1. The second-order valence-electron chi connectivity index (χ2n) is 7.40. The number of nitrogens with zero attached hydrogens (tertiary/aromatic N) is 2. The van der Waals surface area contributed by atoms with Crippen molar-refractivity contribution in [2.24, 2.45) is 0 Å². The molecule has 0 bridgehead atoms. The van der Waals surface area contributed by atoms with E-state index in [2.05, 4.69) is 0 Å². The summed E-state index contributed by atoms with van der Waals surface area (Å²) in [5, 5.41) is 0. The number of benzene rings is 3. The first-order valence-electron chi connectivity index (χ1n) is 9.81. The number of rotatable bonds is 4. The molecule has 0 N–H and O–H groups in total. The molecule has 1 spiro atoms. The van der Waals surface area contributed by atoms with Crippen molar-refractivity contribution in [3.05, 3.63) is 89.7 Å². The number of fused-ring (bicyclic) bond motifs is 2. The van der Waals surface area contributed by atoms with Crippen LogP contribution in [0.3, 0.4) is 0 Å². The predicted molar refractivity (Wildman–Crippen MR) is 119 cm³/mol. The normalized spacial score (nSPS) is 19.9. The molecule has 1 unspecified atom stereocenters. The number of hydrogen-bond donors (Lipinski definition) is 0. The van der Waals surface area contributed by atoms with E-state index in [1.807, 2.05) is 30.3 Å². The Labute approximate surface area is 183 Å². The summed E-state index contributed by atoms with van der Waals surface area (Å²) >= 11 is 1.33. The van der Waals surface area contributed by atoms with Crippen LogP contribution in [0.4, 0.5) is 15.8 Å². The fourth-order valence-corrected chi connectivity index (χ4v) is 5.59. The molecule has 156 valence electrons. The molecule has 2 amide bonds. The molecule has 2 heterocycles. The van der Waals surface area contributed by atoms with Crippen LogP contribution in [-0.2, 0) is 21.0 Å². The fraction of sp³-hybridized carbons (Fsp3) is 0.167. The van der Waals surface area contributed by atoms with E-state index in [9.17, 15) is 14.0 Å². The van der Waals surface area contributed by atoms with Crippen molar-refractivity contribution in [2.45, 2.75) is 11.4 Å². The lowest BCUT2D eigenvalue weighted by Crippen LogP contribution is -2.49. The molecule has 1 atom stereocenters. The Bertz CT molecular complexity index is 1180. The smallest absolute Gasteiger partial charge is 0.269 e. The van der Waals surface area contributed by atoms with Gasteiger partial charge in [-0.05, 0) is 35.9 Å².